The highest BCUT2D eigenvalue weighted by atomic mass is 35.5. The second kappa shape index (κ2) is 6.26. The number of hydrogen-bond donors (Lipinski definition) is 1. The number of anilines is 1. The molecule has 1 N–H and O–H groups in total. The number of fused-ring (bicyclic) bond motifs is 1. The van der Waals surface area contributed by atoms with E-state index in [4.69, 9.17) is 16.0 Å². The monoisotopic (exact) mass is 327 g/mol. The first kappa shape index (κ1) is 15.3. The van der Waals surface area contributed by atoms with E-state index in [1.165, 1.54) is 6.07 Å². The van der Waals surface area contributed by atoms with Gasteiger partial charge in [-0.05, 0) is 42.5 Å². The van der Waals surface area contributed by atoms with Crippen LogP contribution in [0.4, 0.5) is 5.69 Å². The first-order valence-electron chi connectivity index (χ1n) is 7.20. The van der Waals surface area contributed by atoms with Crippen LogP contribution in [0.3, 0.4) is 0 Å². The van der Waals surface area contributed by atoms with Crippen molar-refractivity contribution >= 4 is 34.2 Å². The Labute approximate surface area is 137 Å². The minimum atomic E-state index is -0.163. The van der Waals surface area contributed by atoms with Crippen LogP contribution >= 0.6 is 11.6 Å². The Balaban J connectivity index is 2.06. The third-order valence-electron chi connectivity index (χ3n) is 3.46. The van der Waals surface area contributed by atoms with Crippen molar-refractivity contribution < 1.29 is 9.21 Å². The zero-order chi connectivity index (χ0) is 16.4. The van der Waals surface area contributed by atoms with Gasteiger partial charge in [-0.2, -0.15) is 0 Å². The molecule has 116 valence electrons. The fraction of sp³-hybridized carbons (Fsp3) is 0.111. The van der Waals surface area contributed by atoms with Crippen LogP contribution < -0.4 is 10.7 Å². The summed E-state index contributed by atoms with van der Waals surface area (Å²) in [5, 5.41) is 3.78. The molecule has 2 aromatic carbocycles. The SMILES string of the molecule is CCC(=O)Nc1ccc2oc(-c3ccc(Cl)cc3)cc(=O)c2c1. The smallest absolute Gasteiger partial charge is 0.224 e. The van der Waals surface area contributed by atoms with Crippen LogP contribution in [0.2, 0.25) is 5.02 Å². The largest absolute Gasteiger partial charge is 0.456 e. The maximum absolute atomic E-state index is 12.3. The Morgan fingerprint density at radius 3 is 2.57 bits per heavy atom. The maximum atomic E-state index is 12.3. The molecule has 3 rings (SSSR count). The number of nitrogens with one attached hydrogen (secondary N) is 1. The fourth-order valence-corrected chi connectivity index (χ4v) is 2.37. The molecule has 0 radical (unpaired) electrons. The second-order valence-corrected chi connectivity index (χ2v) is 5.53. The molecule has 0 atom stereocenters. The van der Waals surface area contributed by atoms with E-state index in [9.17, 15) is 9.59 Å². The topological polar surface area (TPSA) is 59.3 Å². The lowest BCUT2D eigenvalue weighted by Gasteiger charge is -2.06. The van der Waals surface area contributed by atoms with Crippen LogP contribution in [0.15, 0.2) is 57.7 Å². The van der Waals surface area contributed by atoms with E-state index in [-0.39, 0.29) is 11.3 Å². The average molecular weight is 328 g/mol. The number of hydrogen-bond acceptors (Lipinski definition) is 3. The van der Waals surface area contributed by atoms with Gasteiger partial charge in [0.25, 0.3) is 0 Å². The summed E-state index contributed by atoms with van der Waals surface area (Å²) in [5.74, 6) is 0.371. The summed E-state index contributed by atoms with van der Waals surface area (Å²) in [7, 11) is 0. The first-order valence-corrected chi connectivity index (χ1v) is 7.58. The molecule has 0 aliphatic carbocycles. The van der Waals surface area contributed by atoms with Crippen LogP contribution in [0.25, 0.3) is 22.3 Å². The molecule has 0 aliphatic heterocycles. The Kier molecular flexibility index (Phi) is 4.17. The van der Waals surface area contributed by atoms with Crippen molar-refractivity contribution in [1.82, 2.24) is 0 Å². The first-order chi connectivity index (χ1) is 11.1. The van der Waals surface area contributed by atoms with E-state index >= 15 is 0 Å². The van der Waals surface area contributed by atoms with Gasteiger partial charge in [-0.3, -0.25) is 9.59 Å². The van der Waals surface area contributed by atoms with Gasteiger partial charge in [0.2, 0.25) is 5.91 Å². The van der Waals surface area contributed by atoms with Gasteiger partial charge in [0, 0.05) is 28.8 Å². The number of halogens is 1. The van der Waals surface area contributed by atoms with Crippen molar-refractivity contribution in [3.8, 4) is 11.3 Å². The number of benzene rings is 2. The molecular formula is C18H14ClNO3. The van der Waals surface area contributed by atoms with Crippen molar-refractivity contribution in [1.29, 1.82) is 0 Å². The van der Waals surface area contributed by atoms with Gasteiger partial charge in [0.15, 0.2) is 5.43 Å². The second-order valence-electron chi connectivity index (χ2n) is 5.09. The number of rotatable bonds is 3. The van der Waals surface area contributed by atoms with E-state index in [2.05, 4.69) is 5.32 Å². The standard InChI is InChI=1S/C18H14ClNO3/c1-2-18(22)20-13-7-8-16-14(9-13)15(21)10-17(23-16)11-3-5-12(19)6-4-11/h3-10H,2H2,1H3,(H,20,22). The minimum Gasteiger partial charge on any atom is -0.456 e. The maximum Gasteiger partial charge on any atom is 0.224 e. The Hall–Kier alpha value is -2.59. The van der Waals surface area contributed by atoms with Gasteiger partial charge in [-0.25, -0.2) is 0 Å². The lowest BCUT2D eigenvalue weighted by molar-refractivity contribution is -0.115. The van der Waals surface area contributed by atoms with Crippen LogP contribution in [-0.2, 0) is 4.79 Å². The summed E-state index contributed by atoms with van der Waals surface area (Å²) < 4.78 is 5.80. The van der Waals surface area contributed by atoms with Crippen LogP contribution in [0.5, 0.6) is 0 Å². The van der Waals surface area contributed by atoms with Gasteiger partial charge < -0.3 is 9.73 Å². The van der Waals surface area contributed by atoms with E-state index in [0.717, 1.165) is 5.56 Å². The lowest BCUT2D eigenvalue weighted by atomic mass is 10.1. The molecular weight excluding hydrogens is 314 g/mol. The number of carbonyl (C=O) groups is 1. The quantitative estimate of drug-likeness (QED) is 0.772. The van der Waals surface area contributed by atoms with E-state index < -0.39 is 0 Å². The van der Waals surface area contributed by atoms with Gasteiger partial charge in [-0.15, -0.1) is 0 Å². The van der Waals surface area contributed by atoms with Gasteiger partial charge in [-0.1, -0.05) is 18.5 Å². The molecule has 0 aliphatic rings. The summed E-state index contributed by atoms with van der Waals surface area (Å²) in [6.07, 6.45) is 0.377. The Morgan fingerprint density at radius 1 is 1.13 bits per heavy atom. The van der Waals surface area contributed by atoms with Crippen molar-refractivity contribution in [2.75, 3.05) is 5.32 Å². The van der Waals surface area contributed by atoms with E-state index in [0.29, 0.717) is 33.9 Å². The third-order valence-corrected chi connectivity index (χ3v) is 3.71. The molecule has 0 fully saturated rings. The molecule has 3 aromatic rings. The number of carbonyl (C=O) groups excluding carboxylic acids is 1. The van der Waals surface area contributed by atoms with Crippen LogP contribution in [-0.4, -0.2) is 5.91 Å². The van der Waals surface area contributed by atoms with Crippen molar-refractivity contribution in [3.05, 3.63) is 63.8 Å². The fourth-order valence-electron chi connectivity index (χ4n) is 2.24. The third kappa shape index (κ3) is 3.27. The van der Waals surface area contributed by atoms with Crippen LogP contribution in [0, 0.1) is 0 Å². The predicted octanol–water partition coefficient (Wildman–Crippen LogP) is 4.46. The zero-order valence-electron chi connectivity index (χ0n) is 12.4. The molecule has 0 saturated heterocycles. The van der Waals surface area contributed by atoms with E-state index in [1.807, 2.05) is 0 Å². The minimum absolute atomic E-state index is 0.105. The van der Waals surface area contributed by atoms with Crippen molar-refractivity contribution in [2.24, 2.45) is 0 Å². The predicted molar refractivity (Wildman–Crippen MR) is 91.9 cm³/mol. The van der Waals surface area contributed by atoms with Gasteiger partial charge >= 0.3 is 0 Å². The van der Waals surface area contributed by atoms with Crippen molar-refractivity contribution in [3.63, 3.8) is 0 Å². The summed E-state index contributed by atoms with van der Waals surface area (Å²) >= 11 is 5.87. The molecule has 5 heteroatoms. The zero-order valence-corrected chi connectivity index (χ0v) is 13.2. The highest BCUT2D eigenvalue weighted by Gasteiger charge is 2.09. The molecule has 0 unspecified atom stereocenters. The highest BCUT2D eigenvalue weighted by molar-refractivity contribution is 6.30. The molecule has 0 spiro atoms. The molecule has 1 amide bonds. The summed E-state index contributed by atoms with van der Waals surface area (Å²) in [6.45, 7) is 1.77. The van der Waals surface area contributed by atoms with E-state index in [1.54, 1.807) is 49.4 Å². The summed E-state index contributed by atoms with van der Waals surface area (Å²) in [5.41, 5.74) is 1.66. The van der Waals surface area contributed by atoms with Crippen molar-refractivity contribution in [2.45, 2.75) is 13.3 Å². The molecule has 1 aromatic heterocycles. The Morgan fingerprint density at radius 2 is 1.87 bits per heavy atom. The Bertz CT molecular complexity index is 929. The molecule has 4 nitrogen and oxygen atoms in total. The lowest BCUT2D eigenvalue weighted by Crippen LogP contribution is -2.10. The molecule has 23 heavy (non-hydrogen) atoms. The molecule has 1 heterocycles. The van der Waals surface area contributed by atoms with Crippen LogP contribution in [0.1, 0.15) is 13.3 Å². The van der Waals surface area contributed by atoms with Gasteiger partial charge in [0.1, 0.15) is 11.3 Å². The average Bonchev–Trinajstić information content (AvgIpc) is 2.55. The molecule has 0 saturated carbocycles. The molecule has 0 bridgehead atoms. The summed E-state index contributed by atoms with van der Waals surface area (Å²) in [4.78, 5) is 23.8. The normalized spacial score (nSPS) is 10.7. The van der Waals surface area contributed by atoms with Gasteiger partial charge in [0.05, 0.1) is 5.39 Å². The number of amides is 1. The summed E-state index contributed by atoms with van der Waals surface area (Å²) in [6, 6.07) is 13.5. The highest BCUT2D eigenvalue weighted by Crippen LogP contribution is 2.25.